The first-order valence-electron chi connectivity index (χ1n) is 10.8. The summed E-state index contributed by atoms with van der Waals surface area (Å²) in [7, 11) is 0. The molecule has 0 radical (unpaired) electrons. The van der Waals surface area contributed by atoms with E-state index in [1.54, 1.807) is 15.9 Å². The lowest BCUT2D eigenvalue weighted by molar-refractivity contribution is -0.120. The highest BCUT2D eigenvalue weighted by molar-refractivity contribution is 8.00. The maximum atomic E-state index is 13.7. The van der Waals surface area contributed by atoms with Crippen LogP contribution in [0.1, 0.15) is 43.6 Å². The summed E-state index contributed by atoms with van der Waals surface area (Å²) in [5.74, 6) is 0.755. The summed E-state index contributed by atoms with van der Waals surface area (Å²) in [6.07, 6.45) is 5.13. The Morgan fingerprint density at radius 2 is 2.10 bits per heavy atom. The topological polar surface area (TPSA) is 73.2 Å². The highest BCUT2D eigenvalue weighted by atomic mass is 32.2. The van der Waals surface area contributed by atoms with Crippen LogP contribution in [-0.2, 0) is 17.6 Å². The van der Waals surface area contributed by atoms with Crippen LogP contribution in [0.15, 0.2) is 34.2 Å². The Morgan fingerprint density at radius 3 is 2.81 bits per heavy atom. The predicted molar refractivity (Wildman–Crippen MR) is 125 cm³/mol. The van der Waals surface area contributed by atoms with E-state index in [0.29, 0.717) is 17.8 Å². The van der Waals surface area contributed by atoms with Gasteiger partial charge in [0.1, 0.15) is 10.6 Å². The minimum absolute atomic E-state index is 0.00577. The second kappa shape index (κ2) is 8.31. The molecule has 2 aliphatic carbocycles. The van der Waals surface area contributed by atoms with Crippen molar-refractivity contribution < 1.29 is 9.53 Å². The second-order valence-corrected chi connectivity index (χ2v) is 10.4. The number of fused-ring (bicyclic) bond motifs is 3. The molecule has 1 saturated carbocycles. The lowest BCUT2D eigenvalue weighted by atomic mass is 10.2. The summed E-state index contributed by atoms with van der Waals surface area (Å²) >= 11 is 2.97. The Bertz CT molecular complexity index is 1200. The molecule has 1 amide bonds. The van der Waals surface area contributed by atoms with Crippen LogP contribution in [0.3, 0.4) is 0 Å². The number of rotatable bonds is 7. The Morgan fingerprint density at radius 1 is 1.32 bits per heavy atom. The molecule has 5 rings (SSSR count). The number of thioether (sulfide) groups is 1. The summed E-state index contributed by atoms with van der Waals surface area (Å²) in [5.41, 5.74) is 1.84. The van der Waals surface area contributed by atoms with Crippen molar-refractivity contribution in [3.63, 3.8) is 0 Å². The normalized spacial score (nSPS) is 16.3. The summed E-state index contributed by atoms with van der Waals surface area (Å²) in [6, 6.07) is 7.80. The first kappa shape index (κ1) is 20.6. The number of amides is 1. The van der Waals surface area contributed by atoms with E-state index < -0.39 is 0 Å². The van der Waals surface area contributed by atoms with Gasteiger partial charge in [-0.1, -0.05) is 11.8 Å². The lowest BCUT2D eigenvalue weighted by Crippen LogP contribution is -2.33. The fourth-order valence-corrected chi connectivity index (χ4v) is 6.19. The lowest BCUT2D eigenvalue weighted by Gasteiger charge is -2.16. The molecule has 31 heavy (non-hydrogen) atoms. The zero-order valence-corrected chi connectivity index (χ0v) is 19.3. The molecule has 2 aliphatic rings. The molecule has 1 N–H and O–H groups in total. The number of aryl methyl sites for hydroxylation is 2. The summed E-state index contributed by atoms with van der Waals surface area (Å²) in [6.45, 7) is 4.40. The number of benzene rings is 1. The number of aromatic nitrogens is 2. The standard InChI is InChI=1S/C23H25N3O3S2/c1-3-29-16-11-9-15(10-12-16)26-22(28)19-17-5-4-6-18(17)31-21(19)25-23(26)30-13(2)20(27)24-14-7-8-14/h9-14H,3-8H2,1-2H3,(H,24,27). The Hall–Kier alpha value is -2.32. The number of carbonyl (C=O) groups is 1. The van der Waals surface area contributed by atoms with Gasteiger partial charge in [-0.15, -0.1) is 11.3 Å². The van der Waals surface area contributed by atoms with E-state index in [4.69, 9.17) is 9.72 Å². The summed E-state index contributed by atoms with van der Waals surface area (Å²) in [5, 5.41) is 4.00. The summed E-state index contributed by atoms with van der Waals surface area (Å²) < 4.78 is 7.22. The zero-order valence-electron chi connectivity index (χ0n) is 17.6. The van der Waals surface area contributed by atoms with Crippen molar-refractivity contribution in [2.24, 2.45) is 0 Å². The number of ether oxygens (including phenoxy) is 1. The summed E-state index contributed by atoms with van der Waals surface area (Å²) in [4.78, 5) is 33.2. The van der Waals surface area contributed by atoms with Crippen molar-refractivity contribution in [2.75, 3.05) is 6.61 Å². The third kappa shape index (κ3) is 3.99. The van der Waals surface area contributed by atoms with Crippen molar-refractivity contribution in [2.45, 2.75) is 62.4 Å². The van der Waals surface area contributed by atoms with Crippen LogP contribution >= 0.6 is 23.1 Å². The van der Waals surface area contributed by atoms with E-state index in [9.17, 15) is 9.59 Å². The molecule has 1 aromatic carbocycles. The van der Waals surface area contributed by atoms with Crippen LogP contribution < -0.4 is 15.6 Å². The van der Waals surface area contributed by atoms with Crippen molar-refractivity contribution in [3.8, 4) is 11.4 Å². The van der Waals surface area contributed by atoms with Crippen LogP contribution in [0.5, 0.6) is 5.75 Å². The monoisotopic (exact) mass is 455 g/mol. The van der Waals surface area contributed by atoms with Gasteiger partial charge in [0.15, 0.2) is 5.16 Å². The Kier molecular flexibility index (Phi) is 5.52. The van der Waals surface area contributed by atoms with Gasteiger partial charge in [0.05, 0.1) is 22.9 Å². The van der Waals surface area contributed by atoms with Crippen LogP contribution in [0.25, 0.3) is 15.9 Å². The van der Waals surface area contributed by atoms with Gasteiger partial charge in [0, 0.05) is 10.9 Å². The first-order valence-corrected chi connectivity index (χ1v) is 12.5. The van der Waals surface area contributed by atoms with Gasteiger partial charge in [0.25, 0.3) is 5.56 Å². The number of nitrogens with one attached hydrogen (secondary N) is 1. The minimum atomic E-state index is -0.342. The van der Waals surface area contributed by atoms with E-state index in [0.717, 1.165) is 59.3 Å². The van der Waals surface area contributed by atoms with Crippen LogP contribution in [0.4, 0.5) is 0 Å². The smallest absolute Gasteiger partial charge is 0.267 e. The molecule has 1 atom stereocenters. The van der Waals surface area contributed by atoms with E-state index in [-0.39, 0.29) is 16.7 Å². The van der Waals surface area contributed by atoms with Gasteiger partial charge in [-0.2, -0.15) is 0 Å². The van der Waals surface area contributed by atoms with Crippen molar-refractivity contribution in [1.82, 2.24) is 14.9 Å². The SMILES string of the molecule is CCOc1ccc(-n2c(SC(C)C(=O)NC3CC3)nc3sc4c(c3c2=O)CCC4)cc1. The molecule has 3 aromatic rings. The average Bonchev–Trinajstić information content (AvgIpc) is 3.33. The van der Waals surface area contributed by atoms with Gasteiger partial charge in [-0.05, 0) is 75.8 Å². The maximum absolute atomic E-state index is 13.7. The zero-order chi connectivity index (χ0) is 21.5. The number of nitrogens with zero attached hydrogens (tertiary/aromatic N) is 2. The van der Waals surface area contributed by atoms with E-state index in [1.807, 2.05) is 38.1 Å². The number of carbonyl (C=O) groups excluding carboxylic acids is 1. The molecule has 1 fully saturated rings. The van der Waals surface area contributed by atoms with Crippen molar-refractivity contribution >= 4 is 39.2 Å². The highest BCUT2D eigenvalue weighted by Gasteiger charge is 2.28. The fraction of sp³-hybridized carbons (Fsp3) is 0.435. The van der Waals surface area contributed by atoms with Crippen molar-refractivity contribution in [1.29, 1.82) is 0 Å². The molecule has 0 saturated heterocycles. The first-order chi connectivity index (χ1) is 15.0. The van der Waals surface area contributed by atoms with Crippen molar-refractivity contribution in [3.05, 3.63) is 45.1 Å². The number of hydrogen-bond donors (Lipinski definition) is 1. The predicted octanol–water partition coefficient (Wildman–Crippen LogP) is 4.09. The van der Waals surface area contributed by atoms with Crippen LogP contribution in [0.2, 0.25) is 0 Å². The van der Waals surface area contributed by atoms with Gasteiger partial charge in [0.2, 0.25) is 5.91 Å². The van der Waals surface area contributed by atoms with Gasteiger partial charge < -0.3 is 10.1 Å². The molecule has 0 aliphatic heterocycles. The second-order valence-electron chi connectivity index (χ2n) is 8.04. The number of hydrogen-bond acceptors (Lipinski definition) is 6. The molecule has 2 heterocycles. The fourth-order valence-electron chi connectivity index (χ4n) is 3.95. The molecule has 0 spiro atoms. The molecule has 6 nitrogen and oxygen atoms in total. The molecule has 1 unspecified atom stereocenters. The van der Waals surface area contributed by atoms with E-state index >= 15 is 0 Å². The Labute approximate surface area is 189 Å². The average molecular weight is 456 g/mol. The van der Waals surface area contributed by atoms with Gasteiger partial charge in [-0.3, -0.25) is 14.2 Å². The highest BCUT2D eigenvalue weighted by Crippen LogP contribution is 2.36. The maximum Gasteiger partial charge on any atom is 0.267 e. The largest absolute Gasteiger partial charge is 0.494 e. The minimum Gasteiger partial charge on any atom is -0.494 e. The van der Waals surface area contributed by atoms with Crippen LogP contribution in [0, 0.1) is 0 Å². The van der Waals surface area contributed by atoms with E-state index in [1.165, 1.54) is 16.6 Å². The molecular weight excluding hydrogens is 430 g/mol. The van der Waals surface area contributed by atoms with Crippen LogP contribution in [-0.4, -0.2) is 33.4 Å². The quantitative estimate of drug-likeness (QED) is 0.429. The van der Waals surface area contributed by atoms with Gasteiger partial charge >= 0.3 is 0 Å². The van der Waals surface area contributed by atoms with E-state index in [2.05, 4.69) is 5.32 Å². The van der Waals surface area contributed by atoms with Gasteiger partial charge in [-0.25, -0.2) is 4.98 Å². The third-order valence-electron chi connectivity index (χ3n) is 5.69. The molecular formula is C23H25N3O3S2. The number of thiophene rings is 1. The Balaban J connectivity index is 1.59. The molecule has 2 aromatic heterocycles. The molecule has 162 valence electrons. The third-order valence-corrected chi connectivity index (χ3v) is 7.93. The molecule has 8 heteroatoms. The molecule has 0 bridgehead atoms.